The molecule has 2 nitrogen and oxygen atoms in total. The van der Waals surface area contributed by atoms with E-state index < -0.39 is 0 Å². The van der Waals surface area contributed by atoms with Gasteiger partial charge in [-0.15, -0.1) is 11.8 Å². The first-order chi connectivity index (χ1) is 9.29. The van der Waals surface area contributed by atoms with Gasteiger partial charge < -0.3 is 5.32 Å². The Morgan fingerprint density at radius 2 is 2.11 bits per heavy atom. The molecule has 3 heteroatoms. The number of pyridine rings is 1. The Bertz CT molecular complexity index is 358. The molecule has 0 aromatic carbocycles. The Morgan fingerprint density at radius 3 is 2.74 bits per heavy atom. The summed E-state index contributed by atoms with van der Waals surface area (Å²) < 4.78 is 0. The second-order valence-corrected chi connectivity index (χ2v) is 6.80. The molecule has 1 heterocycles. The van der Waals surface area contributed by atoms with E-state index in [1.165, 1.54) is 49.1 Å². The minimum atomic E-state index is 0.404. The maximum absolute atomic E-state index is 4.62. The van der Waals surface area contributed by atoms with Crippen LogP contribution in [0, 0.1) is 0 Å². The van der Waals surface area contributed by atoms with Gasteiger partial charge in [-0.3, -0.25) is 0 Å². The molecule has 1 saturated carbocycles. The Balaban J connectivity index is 1.86. The summed E-state index contributed by atoms with van der Waals surface area (Å²) in [6.07, 6.45) is 10.2. The van der Waals surface area contributed by atoms with Crippen LogP contribution in [0.1, 0.15) is 64.0 Å². The van der Waals surface area contributed by atoms with Crippen LogP contribution in [0.2, 0.25) is 0 Å². The van der Waals surface area contributed by atoms with E-state index in [-0.39, 0.29) is 0 Å². The molecular formula is C16H26N2S. The highest BCUT2D eigenvalue weighted by Gasteiger charge is 2.15. The summed E-state index contributed by atoms with van der Waals surface area (Å²) in [6, 6.07) is 4.82. The van der Waals surface area contributed by atoms with Crippen LogP contribution < -0.4 is 5.32 Å². The third-order valence-electron chi connectivity index (χ3n) is 3.80. The van der Waals surface area contributed by atoms with Gasteiger partial charge in [0.25, 0.3) is 0 Å². The Hall–Kier alpha value is -0.540. The van der Waals surface area contributed by atoms with Gasteiger partial charge in [0, 0.05) is 17.5 Å². The Kier molecular flexibility index (Phi) is 6.18. The maximum atomic E-state index is 4.62. The van der Waals surface area contributed by atoms with Gasteiger partial charge in [-0.05, 0) is 44.4 Å². The zero-order valence-corrected chi connectivity index (χ0v) is 13.0. The van der Waals surface area contributed by atoms with Crippen LogP contribution in [0.4, 0.5) is 0 Å². The molecule has 1 unspecified atom stereocenters. The van der Waals surface area contributed by atoms with E-state index >= 15 is 0 Å². The molecule has 0 spiro atoms. The molecule has 0 bridgehead atoms. The van der Waals surface area contributed by atoms with Crippen molar-refractivity contribution in [1.82, 2.24) is 10.3 Å². The van der Waals surface area contributed by atoms with Crippen molar-refractivity contribution in [2.75, 3.05) is 6.54 Å². The van der Waals surface area contributed by atoms with E-state index in [0.29, 0.717) is 6.04 Å². The predicted molar refractivity (Wildman–Crippen MR) is 83.7 cm³/mol. The number of rotatable bonds is 6. The van der Waals surface area contributed by atoms with Crippen molar-refractivity contribution in [2.45, 2.75) is 68.7 Å². The molecule has 1 aliphatic rings. The molecule has 1 atom stereocenters. The number of hydrogen-bond acceptors (Lipinski definition) is 3. The normalized spacial score (nSPS) is 18.4. The lowest BCUT2D eigenvalue weighted by molar-refractivity contribution is 0.515. The van der Waals surface area contributed by atoms with Crippen molar-refractivity contribution in [3.05, 3.63) is 23.9 Å². The van der Waals surface area contributed by atoms with E-state index in [1.54, 1.807) is 0 Å². The first-order valence-electron chi connectivity index (χ1n) is 7.65. The van der Waals surface area contributed by atoms with Crippen molar-refractivity contribution >= 4 is 11.8 Å². The van der Waals surface area contributed by atoms with Crippen LogP contribution in [0.5, 0.6) is 0 Å². The average Bonchev–Trinajstić information content (AvgIpc) is 2.46. The predicted octanol–water partition coefficient (Wildman–Crippen LogP) is 4.57. The van der Waals surface area contributed by atoms with Gasteiger partial charge in [-0.25, -0.2) is 4.98 Å². The fraction of sp³-hybridized carbons (Fsp3) is 0.688. The molecule has 1 aromatic rings. The average molecular weight is 278 g/mol. The quantitative estimate of drug-likeness (QED) is 0.825. The molecule has 0 amide bonds. The molecule has 0 radical (unpaired) electrons. The van der Waals surface area contributed by atoms with Gasteiger partial charge in [0.2, 0.25) is 0 Å². The lowest BCUT2D eigenvalue weighted by Gasteiger charge is -2.20. The van der Waals surface area contributed by atoms with E-state index in [4.69, 9.17) is 0 Å². The lowest BCUT2D eigenvalue weighted by atomic mass is 10.0. The van der Waals surface area contributed by atoms with Gasteiger partial charge in [-0.1, -0.05) is 32.3 Å². The van der Waals surface area contributed by atoms with Gasteiger partial charge in [0.15, 0.2) is 0 Å². The number of hydrogen-bond donors (Lipinski definition) is 1. The summed E-state index contributed by atoms with van der Waals surface area (Å²) in [7, 11) is 0. The molecule has 1 aromatic heterocycles. The van der Waals surface area contributed by atoms with Crippen LogP contribution in [0.15, 0.2) is 23.4 Å². The highest BCUT2D eigenvalue weighted by atomic mass is 32.2. The van der Waals surface area contributed by atoms with Crippen LogP contribution in [-0.4, -0.2) is 16.8 Å². The SMILES string of the molecule is CCCNC(C)c1ccc(SC2CCCCC2)nc1. The zero-order chi connectivity index (χ0) is 13.5. The molecule has 19 heavy (non-hydrogen) atoms. The number of nitrogens with one attached hydrogen (secondary N) is 1. The minimum Gasteiger partial charge on any atom is -0.310 e. The topological polar surface area (TPSA) is 24.9 Å². The van der Waals surface area contributed by atoms with E-state index in [2.05, 4.69) is 36.3 Å². The van der Waals surface area contributed by atoms with Gasteiger partial charge in [0.05, 0.1) is 5.03 Å². The van der Waals surface area contributed by atoms with E-state index in [0.717, 1.165) is 11.8 Å². The summed E-state index contributed by atoms with van der Waals surface area (Å²) in [5.74, 6) is 0. The second kappa shape index (κ2) is 7.91. The highest BCUT2D eigenvalue weighted by molar-refractivity contribution is 7.99. The van der Waals surface area contributed by atoms with Crippen LogP contribution >= 0.6 is 11.8 Å². The van der Waals surface area contributed by atoms with Crippen molar-refractivity contribution in [3.63, 3.8) is 0 Å². The van der Waals surface area contributed by atoms with E-state index in [1.807, 2.05) is 18.0 Å². The number of aromatic nitrogens is 1. The third-order valence-corrected chi connectivity index (χ3v) is 5.09. The lowest BCUT2D eigenvalue weighted by Crippen LogP contribution is -2.19. The van der Waals surface area contributed by atoms with Crippen LogP contribution in [0.3, 0.4) is 0 Å². The van der Waals surface area contributed by atoms with Crippen molar-refractivity contribution in [2.24, 2.45) is 0 Å². The summed E-state index contributed by atoms with van der Waals surface area (Å²) in [5, 5.41) is 5.49. The number of thioether (sulfide) groups is 1. The highest BCUT2D eigenvalue weighted by Crippen LogP contribution is 2.32. The fourth-order valence-corrected chi connectivity index (χ4v) is 3.72. The van der Waals surface area contributed by atoms with Gasteiger partial charge in [-0.2, -0.15) is 0 Å². The molecule has 1 N–H and O–H groups in total. The molecule has 0 aliphatic heterocycles. The molecule has 1 fully saturated rings. The van der Waals surface area contributed by atoms with Crippen LogP contribution in [-0.2, 0) is 0 Å². The van der Waals surface area contributed by atoms with Gasteiger partial charge in [0.1, 0.15) is 0 Å². The second-order valence-electron chi connectivity index (χ2n) is 5.48. The molecule has 2 rings (SSSR count). The Labute approximate surface area is 121 Å². The van der Waals surface area contributed by atoms with Crippen LogP contribution in [0.25, 0.3) is 0 Å². The maximum Gasteiger partial charge on any atom is 0.0962 e. The standard InChI is InChI=1S/C16H26N2S/c1-3-11-17-13(2)14-9-10-16(18-12-14)19-15-7-5-4-6-8-15/h9-10,12-13,15,17H,3-8,11H2,1-2H3. The number of nitrogens with zero attached hydrogens (tertiary/aromatic N) is 1. The fourth-order valence-electron chi connectivity index (χ4n) is 2.55. The largest absolute Gasteiger partial charge is 0.310 e. The minimum absolute atomic E-state index is 0.404. The summed E-state index contributed by atoms with van der Waals surface area (Å²) in [5.41, 5.74) is 1.29. The summed E-state index contributed by atoms with van der Waals surface area (Å²) in [4.78, 5) is 4.62. The molecule has 106 valence electrons. The molecule has 1 aliphatic carbocycles. The summed E-state index contributed by atoms with van der Waals surface area (Å²) in [6.45, 7) is 5.47. The Morgan fingerprint density at radius 1 is 1.32 bits per heavy atom. The van der Waals surface area contributed by atoms with Crippen molar-refractivity contribution < 1.29 is 0 Å². The first kappa shape index (κ1) is 14.9. The van der Waals surface area contributed by atoms with Gasteiger partial charge >= 0.3 is 0 Å². The monoisotopic (exact) mass is 278 g/mol. The smallest absolute Gasteiger partial charge is 0.0962 e. The molecule has 0 saturated heterocycles. The van der Waals surface area contributed by atoms with Crippen molar-refractivity contribution in [1.29, 1.82) is 0 Å². The summed E-state index contributed by atoms with van der Waals surface area (Å²) >= 11 is 1.97. The third kappa shape index (κ3) is 4.81. The zero-order valence-electron chi connectivity index (χ0n) is 12.2. The van der Waals surface area contributed by atoms with E-state index in [9.17, 15) is 0 Å². The molecular weight excluding hydrogens is 252 g/mol. The van der Waals surface area contributed by atoms with Crippen molar-refractivity contribution in [3.8, 4) is 0 Å². The first-order valence-corrected chi connectivity index (χ1v) is 8.53.